The van der Waals surface area contributed by atoms with Crippen molar-refractivity contribution in [3.63, 3.8) is 0 Å². The molecule has 1 aromatic heterocycles. The van der Waals surface area contributed by atoms with E-state index in [0.717, 1.165) is 24.0 Å². The Morgan fingerprint density at radius 3 is 2.55 bits per heavy atom. The molecule has 3 aromatic rings. The summed E-state index contributed by atoms with van der Waals surface area (Å²) in [6.45, 7) is 2.03. The number of hydrogen-bond donors (Lipinski definition) is 1. The number of nitrogens with zero attached hydrogens (tertiary/aromatic N) is 3. The van der Waals surface area contributed by atoms with Gasteiger partial charge < -0.3 is 9.88 Å². The van der Waals surface area contributed by atoms with Gasteiger partial charge in [0.1, 0.15) is 0 Å². The number of rotatable bonds is 7. The SMILES string of the molecule is O=C(NCCCn1cnc2ccccc21)C1CCN(S(=O)(=O)c2ccc(Cl)cc2)CC1. The van der Waals surface area contributed by atoms with Crippen LogP contribution in [-0.2, 0) is 21.4 Å². The van der Waals surface area contributed by atoms with E-state index >= 15 is 0 Å². The van der Waals surface area contributed by atoms with Gasteiger partial charge in [-0.1, -0.05) is 23.7 Å². The number of amides is 1. The Labute approximate surface area is 187 Å². The molecule has 0 saturated carbocycles. The molecule has 1 aliphatic heterocycles. The second-order valence-electron chi connectivity index (χ2n) is 7.70. The third-order valence-corrected chi connectivity index (χ3v) is 7.84. The van der Waals surface area contributed by atoms with Gasteiger partial charge in [0.15, 0.2) is 0 Å². The van der Waals surface area contributed by atoms with E-state index in [1.807, 2.05) is 30.6 Å². The normalized spacial score (nSPS) is 15.9. The topological polar surface area (TPSA) is 84.3 Å². The molecular weight excluding hydrogens is 436 g/mol. The summed E-state index contributed by atoms with van der Waals surface area (Å²) in [5, 5.41) is 3.49. The molecule has 0 spiro atoms. The Kier molecular flexibility index (Phi) is 6.60. The van der Waals surface area contributed by atoms with Crippen molar-refractivity contribution >= 4 is 38.6 Å². The van der Waals surface area contributed by atoms with Gasteiger partial charge in [-0.3, -0.25) is 4.79 Å². The molecule has 0 bridgehead atoms. The maximum absolute atomic E-state index is 12.8. The van der Waals surface area contributed by atoms with Crippen LogP contribution in [0.5, 0.6) is 0 Å². The quantitative estimate of drug-likeness (QED) is 0.548. The average molecular weight is 461 g/mol. The summed E-state index contributed by atoms with van der Waals surface area (Å²) in [7, 11) is -3.56. The van der Waals surface area contributed by atoms with Gasteiger partial charge in [-0.15, -0.1) is 0 Å². The van der Waals surface area contributed by atoms with E-state index in [-0.39, 0.29) is 16.7 Å². The van der Waals surface area contributed by atoms with Crippen LogP contribution in [0.15, 0.2) is 59.8 Å². The molecular formula is C22H25ClN4O3S. The minimum absolute atomic E-state index is 0.000898. The first-order valence-corrected chi connectivity index (χ1v) is 12.2. The molecule has 0 unspecified atom stereocenters. The zero-order valence-electron chi connectivity index (χ0n) is 17.1. The molecule has 4 rings (SSSR count). The summed E-state index contributed by atoms with van der Waals surface area (Å²) in [6.07, 6.45) is 3.66. The summed E-state index contributed by atoms with van der Waals surface area (Å²) in [6, 6.07) is 14.1. The lowest BCUT2D eigenvalue weighted by molar-refractivity contribution is -0.126. The predicted molar refractivity (Wildman–Crippen MR) is 120 cm³/mol. The van der Waals surface area contributed by atoms with Gasteiger partial charge in [-0.05, 0) is 55.7 Å². The van der Waals surface area contributed by atoms with Crippen molar-refractivity contribution in [3.8, 4) is 0 Å². The van der Waals surface area contributed by atoms with Crippen LogP contribution in [-0.4, -0.2) is 47.8 Å². The Morgan fingerprint density at radius 2 is 1.81 bits per heavy atom. The first kappa shape index (κ1) is 21.8. The highest BCUT2D eigenvalue weighted by Gasteiger charge is 2.31. The average Bonchev–Trinajstić information content (AvgIpc) is 3.20. The molecule has 2 heterocycles. The zero-order valence-corrected chi connectivity index (χ0v) is 18.6. The van der Waals surface area contributed by atoms with Crippen molar-refractivity contribution < 1.29 is 13.2 Å². The number of piperidine rings is 1. The van der Waals surface area contributed by atoms with Gasteiger partial charge in [-0.2, -0.15) is 4.31 Å². The second kappa shape index (κ2) is 9.38. The van der Waals surface area contributed by atoms with Crippen LogP contribution < -0.4 is 5.32 Å². The van der Waals surface area contributed by atoms with Gasteiger partial charge in [-0.25, -0.2) is 13.4 Å². The van der Waals surface area contributed by atoms with Gasteiger partial charge in [0.25, 0.3) is 0 Å². The van der Waals surface area contributed by atoms with Crippen LogP contribution in [0.1, 0.15) is 19.3 Å². The first-order chi connectivity index (χ1) is 14.9. The number of sulfonamides is 1. The van der Waals surface area contributed by atoms with Crippen LogP contribution in [0.3, 0.4) is 0 Å². The summed E-state index contributed by atoms with van der Waals surface area (Å²) >= 11 is 5.85. The number of hydrogen-bond acceptors (Lipinski definition) is 4. The highest BCUT2D eigenvalue weighted by molar-refractivity contribution is 7.89. The molecule has 1 aliphatic rings. The van der Waals surface area contributed by atoms with E-state index in [4.69, 9.17) is 11.6 Å². The molecule has 164 valence electrons. The van der Waals surface area contributed by atoms with Crippen molar-refractivity contribution in [2.24, 2.45) is 5.92 Å². The van der Waals surface area contributed by atoms with E-state index in [9.17, 15) is 13.2 Å². The van der Waals surface area contributed by atoms with E-state index < -0.39 is 10.0 Å². The standard InChI is InChI=1S/C22H25ClN4O3S/c23-18-6-8-19(9-7-18)31(29,30)27-14-10-17(11-15-27)22(28)24-12-3-13-26-16-25-20-4-1-2-5-21(20)26/h1-2,4-9,16-17H,3,10-15H2,(H,24,28). The highest BCUT2D eigenvalue weighted by atomic mass is 35.5. The number of halogens is 1. The second-order valence-corrected chi connectivity index (χ2v) is 10.1. The lowest BCUT2D eigenvalue weighted by Gasteiger charge is -2.30. The smallest absolute Gasteiger partial charge is 0.243 e. The molecule has 2 aromatic carbocycles. The predicted octanol–water partition coefficient (Wildman–Crippen LogP) is 3.30. The monoisotopic (exact) mass is 460 g/mol. The minimum Gasteiger partial charge on any atom is -0.356 e. The number of imidazole rings is 1. The van der Waals surface area contributed by atoms with Gasteiger partial charge in [0.05, 0.1) is 22.3 Å². The Bertz CT molecular complexity index is 1150. The maximum Gasteiger partial charge on any atom is 0.243 e. The van der Waals surface area contributed by atoms with Crippen molar-refractivity contribution in [2.45, 2.75) is 30.7 Å². The number of benzene rings is 2. The number of para-hydroxylation sites is 2. The van der Waals surface area contributed by atoms with E-state index in [0.29, 0.717) is 37.5 Å². The maximum atomic E-state index is 12.8. The van der Waals surface area contributed by atoms with Gasteiger partial charge in [0, 0.05) is 37.1 Å². The molecule has 0 atom stereocenters. The fourth-order valence-corrected chi connectivity index (χ4v) is 5.50. The molecule has 1 saturated heterocycles. The fraction of sp³-hybridized carbons (Fsp3) is 0.364. The molecule has 1 fully saturated rings. The zero-order chi connectivity index (χ0) is 21.8. The summed E-state index contributed by atoms with van der Waals surface area (Å²) in [5.74, 6) is -0.162. The molecule has 1 amide bonds. The molecule has 1 N–H and O–H groups in total. The van der Waals surface area contributed by atoms with Crippen LogP contribution in [0.2, 0.25) is 5.02 Å². The largest absolute Gasteiger partial charge is 0.356 e. The fourth-order valence-electron chi connectivity index (χ4n) is 3.91. The Hall–Kier alpha value is -2.42. The summed E-state index contributed by atoms with van der Waals surface area (Å²) < 4.78 is 29.1. The number of aromatic nitrogens is 2. The third kappa shape index (κ3) is 4.92. The Morgan fingerprint density at radius 1 is 1.10 bits per heavy atom. The van der Waals surface area contributed by atoms with Crippen molar-refractivity contribution in [2.75, 3.05) is 19.6 Å². The lowest BCUT2D eigenvalue weighted by atomic mass is 9.97. The van der Waals surface area contributed by atoms with E-state index in [2.05, 4.69) is 14.9 Å². The van der Waals surface area contributed by atoms with Crippen LogP contribution in [0, 0.1) is 5.92 Å². The van der Waals surface area contributed by atoms with Crippen molar-refractivity contribution in [1.29, 1.82) is 0 Å². The molecule has 0 radical (unpaired) electrons. The summed E-state index contributed by atoms with van der Waals surface area (Å²) in [4.78, 5) is 17.1. The van der Waals surface area contributed by atoms with Gasteiger partial charge >= 0.3 is 0 Å². The van der Waals surface area contributed by atoms with E-state index in [1.54, 1.807) is 12.1 Å². The van der Waals surface area contributed by atoms with Crippen molar-refractivity contribution in [1.82, 2.24) is 19.2 Å². The number of aryl methyl sites for hydroxylation is 1. The van der Waals surface area contributed by atoms with Gasteiger partial charge in [0.2, 0.25) is 15.9 Å². The van der Waals surface area contributed by atoms with Crippen LogP contribution in [0.25, 0.3) is 11.0 Å². The number of carbonyl (C=O) groups is 1. The molecule has 31 heavy (non-hydrogen) atoms. The summed E-state index contributed by atoms with van der Waals surface area (Å²) in [5.41, 5.74) is 2.05. The van der Waals surface area contributed by atoms with Crippen LogP contribution in [0.4, 0.5) is 0 Å². The Balaban J connectivity index is 1.23. The van der Waals surface area contributed by atoms with Crippen LogP contribution >= 0.6 is 11.6 Å². The first-order valence-electron chi connectivity index (χ1n) is 10.4. The highest BCUT2D eigenvalue weighted by Crippen LogP contribution is 2.25. The third-order valence-electron chi connectivity index (χ3n) is 5.68. The minimum atomic E-state index is -3.56. The molecule has 7 nitrogen and oxygen atoms in total. The van der Waals surface area contributed by atoms with Crippen molar-refractivity contribution in [3.05, 3.63) is 59.9 Å². The number of fused-ring (bicyclic) bond motifs is 1. The lowest BCUT2D eigenvalue weighted by Crippen LogP contribution is -2.43. The molecule has 9 heteroatoms. The number of nitrogens with one attached hydrogen (secondary N) is 1. The van der Waals surface area contributed by atoms with E-state index in [1.165, 1.54) is 16.4 Å². The number of carbonyl (C=O) groups excluding carboxylic acids is 1. The molecule has 0 aliphatic carbocycles.